The van der Waals surface area contributed by atoms with Gasteiger partial charge >= 0.3 is 5.97 Å². The number of aryl methyl sites for hydroxylation is 1. The molecule has 0 aliphatic heterocycles. The maximum atomic E-state index is 11.5. The summed E-state index contributed by atoms with van der Waals surface area (Å²) in [5, 5.41) is 0. The average molecular weight is 250 g/mol. The van der Waals surface area contributed by atoms with Gasteiger partial charge in [0.15, 0.2) is 5.78 Å². The van der Waals surface area contributed by atoms with Crippen LogP contribution in [0.2, 0.25) is 0 Å². The van der Waals surface area contributed by atoms with Gasteiger partial charge in [0, 0.05) is 12.8 Å². The lowest BCUT2D eigenvalue weighted by Gasteiger charge is -1.99. The molecule has 0 spiro atoms. The molecule has 0 fully saturated rings. The maximum absolute atomic E-state index is 11.5. The Labute approximate surface area is 107 Å². The van der Waals surface area contributed by atoms with Crippen LogP contribution in [0.15, 0.2) is 22.6 Å². The third-order valence-electron chi connectivity index (χ3n) is 2.30. The highest BCUT2D eigenvalue weighted by Gasteiger charge is 2.03. The molecule has 0 bridgehead atoms. The van der Waals surface area contributed by atoms with Crippen LogP contribution in [0.1, 0.15) is 37.7 Å². The first kappa shape index (κ1) is 14.2. The molecule has 1 heterocycles. The molecule has 1 aromatic heterocycles. The SMILES string of the molecule is CCOC(=O)CCCC(=O)/C=C/c1ccc(C)o1. The van der Waals surface area contributed by atoms with Crippen molar-refractivity contribution in [1.29, 1.82) is 0 Å². The Morgan fingerprint density at radius 1 is 1.33 bits per heavy atom. The molecule has 0 N–H and O–H groups in total. The van der Waals surface area contributed by atoms with E-state index < -0.39 is 0 Å². The van der Waals surface area contributed by atoms with Gasteiger partial charge in [-0.3, -0.25) is 9.59 Å². The Bertz CT molecular complexity index is 429. The zero-order chi connectivity index (χ0) is 13.4. The summed E-state index contributed by atoms with van der Waals surface area (Å²) in [6.07, 6.45) is 4.25. The molecule has 0 saturated heterocycles. The first-order valence-electron chi connectivity index (χ1n) is 6.04. The molecular formula is C14H18O4. The highest BCUT2D eigenvalue weighted by molar-refractivity contribution is 5.93. The Hall–Kier alpha value is -1.84. The van der Waals surface area contributed by atoms with Gasteiger partial charge in [-0.2, -0.15) is 0 Å². The molecule has 1 rings (SSSR count). The summed E-state index contributed by atoms with van der Waals surface area (Å²) < 4.78 is 10.1. The number of ketones is 1. The summed E-state index contributed by atoms with van der Waals surface area (Å²) >= 11 is 0. The van der Waals surface area contributed by atoms with Crippen LogP contribution in [-0.4, -0.2) is 18.4 Å². The van der Waals surface area contributed by atoms with Crippen molar-refractivity contribution >= 4 is 17.8 Å². The van der Waals surface area contributed by atoms with Crippen molar-refractivity contribution in [3.63, 3.8) is 0 Å². The number of carbonyl (C=O) groups excluding carboxylic acids is 2. The molecular weight excluding hydrogens is 232 g/mol. The van der Waals surface area contributed by atoms with Gasteiger partial charge in [0.1, 0.15) is 11.5 Å². The number of esters is 1. The number of furan rings is 1. The lowest BCUT2D eigenvalue weighted by molar-refractivity contribution is -0.143. The molecule has 4 heteroatoms. The van der Waals surface area contributed by atoms with E-state index in [4.69, 9.17) is 9.15 Å². The van der Waals surface area contributed by atoms with E-state index in [1.165, 1.54) is 6.08 Å². The minimum Gasteiger partial charge on any atom is -0.466 e. The molecule has 4 nitrogen and oxygen atoms in total. The van der Waals surface area contributed by atoms with Crippen molar-refractivity contribution in [2.24, 2.45) is 0 Å². The van der Waals surface area contributed by atoms with Crippen LogP contribution >= 0.6 is 0 Å². The second kappa shape index (κ2) is 7.48. The van der Waals surface area contributed by atoms with Gasteiger partial charge < -0.3 is 9.15 Å². The van der Waals surface area contributed by atoms with Crippen molar-refractivity contribution in [2.45, 2.75) is 33.1 Å². The molecule has 0 aliphatic rings. The van der Waals surface area contributed by atoms with Crippen molar-refractivity contribution in [3.8, 4) is 0 Å². The maximum Gasteiger partial charge on any atom is 0.305 e. The standard InChI is InChI=1S/C14H18O4/c1-3-17-14(16)6-4-5-12(15)8-10-13-9-7-11(2)18-13/h7-10H,3-6H2,1-2H3/b10-8+. The molecule has 1 aromatic rings. The molecule has 0 amide bonds. The molecule has 0 radical (unpaired) electrons. The molecule has 0 atom stereocenters. The van der Waals surface area contributed by atoms with E-state index in [1.54, 1.807) is 19.1 Å². The zero-order valence-electron chi connectivity index (χ0n) is 10.8. The fourth-order valence-corrected chi connectivity index (χ4v) is 1.44. The Kier molecular flexibility index (Phi) is 5.91. The predicted octanol–water partition coefficient (Wildman–Crippen LogP) is 2.90. The van der Waals surface area contributed by atoms with Crippen LogP contribution in [0.3, 0.4) is 0 Å². The number of hydrogen-bond donors (Lipinski definition) is 0. The first-order chi connectivity index (χ1) is 8.61. The normalized spacial score (nSPS) is 10.8. The Morgan fingerprint density at radius 2 is 2.11 bits per heavy atom. The summed E-state index contributed by atoms with van der Waals surface area (Å²) in [5.74, 6) is 1.19. The number of ether oxygens (including phenoxy) is 1. The molecule has 0 aromatic carbocycles. The minimum atomic E-state index is -0.254. The largest absolute Gasteiger partial charge is 0.466 e. The van der Waals surface area contributed by atoms with Gasteiger partial charge in [0.25, 0.3) is 0 Å². The highest BCUT2D eigenvalue weighted by atomic mass is 16.5. The van der Waals surface area contributed by atoms with E-state index in [-0.39, 0.29) is 18.2 Å². The van der Waals surface area contributed by atoms with Gasteiger partial charge in [-0.15, -0.1) is 0 Å². The van der Waals surface area contributed by atoms with Gasteiger partial charge in [0.05, 0.1) is 6.61 Å². The van der Waals surface area contributed by atoms with E-state index in [1.807, 2.05) is 13.0 Å². The molecule has 18 heavy (non-hydrogen) atoms. The zero-order valence-corrected chi connectivity index (χ0v) is 10.8. The fourth-order valence-electron chi connectivity index (χ4n) is 1.44. The fraction of sp³-hybridized carbons (Fsp3) is 0.429. The number of rotatable bonds is 7. The highest BCUT2D eigenvalue weighted by Crippen LogP contribution is 2.08. The van der Waals surface area contributed by atoms with Crippen molar-refractivity contribution < 1.29 is 18.7 Å². The molecule has 0 aliphatic carbocycles. The molecule has 0 saturated carbocycles. The van der Waals surface area contributed by atoms with Crippen LogP contribution in [-0.2, 0) is 14.3 Å². The summed E-state index contributed by atoms with van der Waals surface area (Å²) in [5.41, 5.74) is 0. The second-order valence-electron chi connectivity index (χ2n) is 3.91. The third-order valence-corrected chi connectivity index (χ3v) is 2.30. The summed E-state index contributed by atoms with van der Waals surface area (Å²) in [6.45, 7) is 3.99. The van der Waals surface area contributed by atoms with Gasteiger partial charge in [-0.25, -0.2) is 0 Å². The second-order valence-corrected chi connectivity index (χ2v) is 3.91. The van der Waals surface area contributed by atoms with Gasteiger partial charge in [-0.05, 0) is 44.6 Å². The minimum absolute atomic E-state index is 0.0200. The monoisotopic (exact) mass is 250 g/mol. The summed E-state index contributed by atoms with van der Waals surface area (Å²) in [7, 11) is 0. The van der Waals surface area contributed by atoms with Crippen LogP contribution in [0.25, 0.3) is 6.08 Å². The third kappa shape index (κ3) is 5.48. The number of allylic oxidation sites excluding steroid dienone is 1. The van der Waals surface area contributed by atoms with Crippen molar-refractivity contribution in [3.05, 3.63) is 29.7 Å². The van der Waals surface area contributed by atoms with Crippen LogP contribution in [0, 0.1) is 6.92 Å². The van der Waals surface area contributed by atoms with E-state index in [0.717, 1.165) is 5.76 Å². The van der Waals surface area contributed by atoms with Crippen molar-refractivity contribution in [2.75, 3.05) is 6.61 Å². The lowest BCUT2D eigenvalue weighted by atomic mass is 10.1. The van der Waals surface area contributed by atoms with Crippen molar-refractivity contribution in [1.82, 2.24) is 0 Å². The van der Waals surface area contributed by atoms with Crippen LogP contribution < -0.4 is 0 Å². The van der Waals surface area contributed by atoms with Crippen LogP contribution in [0.5, 0.6) is 0 Å². The quantitative estimate of drug-likeness (QED) is 0.551. The Morgan fingerprint density at radius 3 is 2.72 bits per heavy atom. The van der Waals surface area contributed by atoms with E-state index >= 15 is 0 Å². The summed E-state index contributed by atoms with van der Waals surface area (Å²) in [6, 6.07) is 3.64. The smallest absolute Gasteiger partial charge is 0.305 e. The van der Waals surface area contributed by atoms with E-state index in [9.17, 15) is 9.59 Å². The lowest BCUT2D eigenvalue weighted by Crippen LogP contribution is -2.04. The Balaban J connectivity index is 2.25. The average Bonchev–Trinajstić information content (AvgIpc) is 2.73. The van der Waals surface area contributed by atoms with E-state index in [0.29, 0.717) is 25.2 Å². The first-order valence-corrected chi connectivity index (χ1v) is 6.04. The van der Waals surface area contributed by atoms with Gasteiger partial charge in [0.2, 0.25) is 0 Å². The number of hydrogen-bond acceptors (Lipinski definition) is 4. The van der Waals surface area contributed by atoms with Gasteiger partial charge in [-0.1, -0.05) is 0 Å². The van der Waals surface area contributed by atoms with E-state index in [2.05, 4.69) is 0 Å². The number of carbonyl (C=O) groups is 2. The topological polar surface area (TPSA) is 56.5 Å². The molecule has 0 unspecified atom stereocenters. The summed E-state index contributed by atoms with van der Waals surface area (Å²) in [4.78, 5) is 22.5. The predicted molar refractivity (Wildman–Crippen MR) is 68.0 cm³/mol. The van der Waals surface area contributed by atoms with Crippen LogP contribution in [0.4, 0.5) is 0 Å². The molecule has 98 valence electrons.